The molecule has 0 saturated heterocycles. The van der Waals surface area contributed by atoms with Crippen LogP contribution in [-0.4, -0.2) is 11.0 Å². The molecule has 0 aliphatic carbocycles. The topological polar surface area (TPSA) is 49.3 Å². The lowest BCUT2D eigenvalue weighted by Crippen LogP contribution is -2.11. The molecule has 86 valence electrons. The number of benzene rings is 2. The summed E-state index contributed by atoms with van der Waals surface area (Å²) in [7, 11) is 0. The Morgan fingerprint density at radius 1 is 1.12 bits per heavy atom. The molecule has 2 aromatic carbocycles. The Morgan fingerprint density at radius 3 is 2.47 bits per heavy atom. The number of hydrogen-bond acceptors (Lipinski definition) is 2. The largest absolute Gasteiger partial charge is 0.507 e. The SMILES string of the molecule is O=C(Nc1ccccc1)c1ccc(Cl)cc1O. The molecule has 0 unspecified atom stereocenters. The van der Waals surface area contributed by atoms with Crippen molar-refractivity contribution in [2.24, 2.45) is 0 Å². The molecule has 0 atom stereocenters. The van der Waals surface area contributed by atoms with E-state index in [1.165, 1.54) is 12.1 Å². The van der Waals surface area contributed by atoms with Crippen LogP contribution in [0.15, 0.2) is 48.5 Å². The van der Waals surface area contributed by atoms with Crippen LogP contribution in [-0.2, 0) is 0 Å². The molecule has 2 N–H and O–H groups in total. The fraction of sp³-hybridized carbons (Fsp3) is 0. The van der Waals surface area contributed by atoms with Crippen molar-refractivity contribution in [3.8, 4) is 5.75 Å². The van der Waals surface area contributed by atoms with Crippen molar-refractivity contribution in [1.29, 1.82) is 0 Å². The Kier molecular flexibility index (Phi) is 3.30. The maximum Gasteiger partial charge on any atom is 0.259 e. The summed E-state index contributed by atoms with van der Waals surface area (Å²) < 4.78 is 0. The molecule has 0 saturated carbocycles. The molecule has 0 radical (unpaired) electrons. The van der Waals surface area contributed by atoms with Crippen molar-refractivity contribution in [3.63, 3.8) is 0 Å². The summed E-state index contributed by atoms with van der Waals surface area (Å²) in [5, 5.41) is 12.7. The highest BCUT2D eigenvalue weighted by Crippen LogP contribution is 2.22. The predicted octanol–water partition coefficient (Wildman–Crippen LogP) is 3.30. The van der Waals surface area contributed by atoms with Gasteiger partial charge in [-0.05, 0) is 30.3 Å². The highest BCUT2D eigenvalue weighted by atomic mass is 35.5. The molecule has 2 aromatic rings. The van der Waals surface area contributed by atoms with Crippen molar-refractivity contribution >= 4 is 23.2 Å². The summed E-state index contributed by atoms with van der Waals surface area (Å²) in [5.41, 5.74) is 0.866. The summed E-state index contributed by atoms with van der Waals surface area (Å²) in [6, 6.07) is 13.4. The molecular formula is C13H10ClNO2. The zero-order valence-corrected chi connectivity index (χ0v) is 9.61. The second-order valence-electron chi connectivity index (χ2n) is 3.48. The number of nitrogens with one attached hydrogen (secondary N) is 1. The molecule has 0 aliphatic heterocycles. The van der Waals surface area contributed by atoms with Gasteiger partial charge >= 0.3 is 0 Å². The van der Waals surface area contributed by atoms with E-state index in [1.807, 2.05) is 18.2 Å². The van der Waals surface area contributed by atoms with E-state index in [2.05, 4.69) is 5.32 Å². The number of carbonyl (C=O) groups is 1. The van der Waals surface area contributed by atoms with Crippen molar-refractivity contribution in [2.75, 3.05) is 5.32 Å². The quantitative estimate of drug-likeness (QED) is 0.856. The van der Waals surface area contributed by atoms with Crippen LogP contribution in [0.2, 0.25) is 5.02 Å². The third-order valence-corrected chi connectivity index (χ3v) is 2.47. The Morgan fingerprint density at radius 2 is 1.82 bits per heavy atom. The summed E-state index contributed by atoms with van der Waals surface area (Å²) in [6.45, 7) is 0. The standard InChI is InChI=1S/C13H10ClNO2/c14-9-6-7-11(12(16)8-9)13(17)15-10-4-2-1-3-5-10/h1-8,16H,(H,15,17). The number of phenolic OH excluding ortho intramolecular Hbond substituents is 1. The first-order valence-electron chi connectivity index (χ1n) is 5.02. The molecule has 17 heavy (non-hydrogen) atoms. The van der Waals surface area contributed by atoms with Crippen molar-refractivity contribution in [3.05, 3.63) is 59.1 Å². The minimum atomic E-state index is -0.370. The number of para-hydroxylation sites is 1. The van der Waals surface area contributed by atoms with E-state index in [-0.39, 0.29) is 17.2 Å². The van der Waals surface area contributed by atoms with Gasteiger partial charge in [0.05, 0.1) is 5.56 Å². The molecule has 3 nitrogen and oxygen atoms in total. The molecule has 0 aromatic heterocycles. The Labute approximate surface area is 104 Å². The van der Waals surface area contributed by atoms with Gasteiger partial charge in [-0.1, -0.05) is 29.8 Å². The lowest BCUT2D eigenvalue weighted by molar-refractivity contribution is 0.102. The monoisotopic (exact) mass is 247 g/mol. The van der Waals surface area contributed by atoms with Gasteiger partial charge in [-0.2, -0.15) is 0 Å². The van der Waals surface area contributed by atoms with Gasteiger partial charge in [-0.3, -0.25) is 4.79 Å². The van der Waals surface area contributed by atoms with Crippen LogP contribution >= 0.6 is 11.6 Å². The van der Waals surface area contributed by atoms with Crippen LogP contribution in [0.5, 0.6) is 5.75 Å². The molecule has 0 spiro atoms. The van der Waals surface area contributed by atoms with Crippen LogP contribution in [0.3, 0.4) is 0 Å². The Hall–Kier alpha value is -2.00. The zero-order chi connectivity index (χ0) is 12.3. The lowest BCUT2D eigenvalue weighted by atomic mass is 10.2. The third-order valence-electron chi connectivity index (χ3n) is 2.24. The van der Waals surface area contributed by atoms with E-state index in [1.54, 1.807) is 18.2 Å². The highest BCUT2D eigenvalue weighted by Gasteiger charge is 2.11. The Balaban J connectivity index is 2.21. The fourth-order valence-electron chi connectivity index (χ4n) is 1.42. The second kappa shape index (κ2) is 4.89. The number of carbonyl (C=O) groups excluding carboxylic acids is 1. The minimum absolute atomic E-state index is 0.133. The average molecular weight is 248 g/mol. The van der Waals surface area contributed by atoms with Crippen LogP contribution in [0.1, 0.15) is 10.4 Å². The highest BCUT2D eigenvalue weighted by molar-refractivity contribution is 6.30. The maximum atomic E-state index is 11.8. The van der Waals surface area contributed by atoms with Crippen LogP contribution in [0.4, 0.5) is 5.69 Å². The molecule has 2 rings (SSSR count). The van der Waals surface area contributed by atoms with Crippen molar-refractivity contribution < 1.29 is 9.90 Å². The maximum absolute atomic E-state index is 11.8. The molecule has 0 fully saturated rings. The van der Waals surface area contributed by atoms with Gasteiger partial charge in [0.2, 0.25) is 0 Å². The normalized spacial score (nSPS) is 9.94. The van der Waals surface area contributed by atoms with E-state index in [9.17, 15) is 9.90 Å². The van der Waals surface area contributed by atoms with Crippen LogP contribution < -0.4 is 5.32 Å². The van der Waals surface area contributed by atoms with Crippen LogP contribution in [0, 0.1) is 0 Å². The minimum Gasteiger partial charge on any atom is -0.507 e. The summed E-state index contributed by atoms with van der Waals surface area (Å²) in [6.07, 6.45) is 0. The van der Waals surface area contributed by atoms with Gasteiger partial charge in [-0.15, -0.1) is 0 Å². The number of amides is 1. The van der Waals surface area contributed by atoms with Gasteiger partial charge < -0.3 is 10.4 Å². The van der Waals surface area contributed by atoms with Crippen LogP contribution in [0.25, 0.3) is 0 Å². The molecular weight excluding hydrogens is 238 g/mol. The van der Waals surface area contributed by atoms with Gasteiger partial charge in [0.1, 0.15) is 5.75 Å². The third kappa shape index (κ3) is 2.77. The first-order valence-corrected chi connectivity index (χ1v) is 5.39. The van der Waals surface area contributed by atoms with E-state index in [0.717, 1.165) is 0 Å². The number of anilines is 1. The van der Waals surface area contributed by atoms with E-state index < -0.39 is 0 Å². The number of rotatable bonds is 2. The smallest absolute Gasteiger partial charge is 0.259 e. The molecule has 0 aliphatic rings. The summed E-state index contributed by atoms with van der Waals surface area (Å²) in [4.78, 5) is 11.8. The number of halogens is 1. The molecule has 1 amide bonds. The molecule has 4 heteroatoms. The summed E-state index contributed by atoms with van der Waals surface area (Å²) >= 11 is 5.69. The van der Waals surface area contributed by atoms with Crippen molar-refractivity contribution in [2.45, 2.75) is 0 Å². The zero-order valence-electron chi connectivity index (χ0n) is 8.85. The predicted molar refractivity (Wildman–Crippen MR) is 67.5 cm³/mol. The van der Waals surface area contributed by atoms with Gasteiger partial charge in [-0.25, -0.2) is 0 Å². The number of phenols is 1. The van der Waals surface area contributed by atoms with E-state index in [4.69, 9.17) is 11.6 Å². The first kappa shape index (κ1) is 11.5. The lowest BCUT2D eigenvalue weighted by Gasteiger charge is -2.06. The second-order valence-corrected chi connectivity index (χ2v) is 3.92. The first-order chi connectivity index (χ1) is 8.16. The summed E-state index contributed by atoms with van der Waals surface area (Å²) in [5.74, 6) is -0.503. The Bertz CT molecular complexity index is 540. The number of aromatic hydroxyl groups is 1. The molecule has 0 bridgehead atoms. The van der Waals surface area contributed by atoms with E-state index in [0.29, 0.717) is 10.7 Å². The van der Waals surface area contributed by atoms with Crippen molar-refractivity contribution in [1.82, 2.24) is 0 Å². The molecule has 0 heterocycles. The van der Waals surface area contributed by atoms with E-state index >= 15 is 0 Å². The van der Waals surface area contributed by atoms with Gasteiger partial charge in [0.15, 0.2) is 0 Å². The fourth-order valence-corrected chi connectivity index (χ4v) is 1.58. The van der Waals surface area contributed by atoms with Gasteiger partial charge in [0, 0.05) is 10.7 Å². The number of hydrogen-bond donors (Lipinski definition) is 2. The van der Waals surface area contributed by atoms with Gasteiger partial charge in [0.25, 0.3) is 5.91 Å². The average Bonchev–Trinajstić information content (AvgIpc) is 2.30.